The van der Waals surface area contributed by atoms with Gasteiger partial charge in [-0.2, -0.15) is 5.26 Å². The van der Waals surface area contributed by atoms with Crippen molar-refractivity contribution < 1.29 is 9.53 Å². The van der Waals surface area contributed by atoms with Crippen LogP contribution in [-0.4, -0.2) is 12.5 Å². The Morgan fingerprint density at radius 3 is 3.00 bits per heavy atom. The Hall–Kier alpha value is -3.00. The Balaban J connectivity index is 1.78. The lowest BCUT2D eigenvalue weighted by atomic mass is 10.1. The number of carbonyl (C=O) groups excluding carboxylic acids is 1. The molecule has 2 aromatic rings. The van der Waals surface area contributed by atoms with Crippen LogP contribution in [0.15, 0.2) is 42.5 Å². The van der Waals surface area contributed by atoms with Crippen LogP contribution in [-0.2, 0) is 4.79 Å². The number of ether oxygens (including phenoxy) is 1. The van der Waals surface area contributed by atoms with E-state index in [4.69, 9.17) is 10.00 Å². The first kappa shape index (κ1) is 14.0. The topological polar surface area (TPSA) is 74.2 Å². The van der Waals surface area contributed by atoms with Crippen molar-refractivity contribution in [3.8, 4) is 11.8 Å². The number of benzene rings is 2. The molecule has 110 valence electrons. The summed E-state index contributed by atoms with van der Waals surface area (Å²) in [5.74, 6) is 0.512. The summed E-state index contributed by atoms with van der Waals surface area (Å²) in [5, 5.41) is 15.1. The maximum absolute atomic E-state index is 11.3. The molecule has 0 bridgehead atoms. The number of hydrogen-bond donors (Lipinski definition) is 2. The zero-order valence-electron chi connectivity index (χ0n) is 12.1. The third-order valence-electron chi connectivity index (χ3n) is 3.51. The minimum absolute atomic E-state index is 0.0379. The number of nitrogens with one attached hydrogen (secondary N) is 2. The van der Waals surface area contributed by atoms with Crippen LogP contribution in [0.5, 0.6) is 5.75 Å². The van der Waals surface area contributed by atoms with Gasteiger partial charge in [0.1, 0.15) is 5.75 Å². The third-order valence-corrected chi connectivity index (χ3v) is 3.51. The molecule has 1 aliphatic rings. The normalized spacial score (nSPS) is 14.1. The molecular formula is C17H15N3O2. The Labute approximate surface area is 128 Å². The van der Waals surface area contributed by atoms with E-state index in [1.807, 2.05) is 43.3 Å². The summed E-state index contributed by atoms with van der Waals surface area (Å²) < 4.78 is 5.41. The quantitative estimate of drug-likeness (QED) is 0.912. The predicted octanol–water partition coefficient (Wildman–Crippen LogP) is 3.06. The summed E-state index contributed by atoms with van der Waals surface area (Å²) in [7, 11) is 0. The van der Waals surface area contributed by atoms with Gasteiger partial charge in [-0.05, 0) is 36.8 Å². The molecule has 1 aliphatic heterocycles. The fourth-order valence-electron chi connectivity index (χ4n) is 2.38. The maximum Gasteiger partial charge on any atom is 0.262 e. The van der Waals surface area contributed by atoms with Gasteiger partial charge in [-0.15, -0.1) is 0 Å². The minimum Gasteiger partial charge on any atom is -0.482 e. The molecule has 5 nitrogen and oxygen atoms in total. The highest BCUT2D eigenvalue weighted by atomic mass is 16.5. The van der Waals surface area contributed by atoms with Crippen molar-refractivity contribution >= 4 is 17.3 Å². The van der Waals surface area contributed by atoms with Gasteiger partial charge < -0.3 is 15.4 Å². The third kappa shape index (κ3) is 2.86. The van der Waals surface area contributed by atoms with Gasteiger partial charge in [-0.25, -0.2) is 0 Å². The van der Waals surface area contributed by atoms with E-state index in [0.29, 0.717) is 17.0 Å². The molecule has 1 atom stereocenters. The Morgan fingerprint density at radius 1 is 1.32 bits per heavy atom. The fourth-order valence-corrected chi connectivity index (χ4v) is 2.38. The molecule has 0 saturated carbocycles. The standard InChI is InChI=1S/C17H15N3O2/c1-11(13-4-2-3-12(7-13)9-18)19-14-5-6-15-16(8-14)22-10-17(21)20-15/h2-8,11,19H,10H2,1H3,(H,20,21). The molecule has 0 fully saturated rings. The van der Waals surface area contributed by atoms with Crippen molar-refractivity contribution in [2.45, 2.75) is 13.0 Å². The second-order valence-electron chi connectivity index (χ2n) is 5.15. The maximum atomic E-state index is 11.3. The summed E-state index contributed by atoms with van der Waals surface area (Å²) in [6.45, 7) is 2.06. The highest BCUT2D eigenvalue weighted by molar-refractivity contribution is 5.95. The largest absolute Gasteiger partial charge is 0.482 e. The van der Waals surface area contributed by atoms with Gasteiger partial charge in [-0.3, -0.25) is 4.79 Å². The molecule has 5 heteroatoms. The van der Waals surface area contributed by atoms with Crippen LogP contribution in [0.25, 0.3) is 0 Å². The summed E-state index contributed by atoms with van der Waals surface area (Å²) >= 11 is 0. The molecule has 22 heavy (non-hydrogen) atoms. The van der Waals surface area contributed by atoms with Crippen LogP contribution in [0.2, 0.25) is 0 Å². The van der Waals surface area contributed by atoms with Crippen LogP contribution in [0, 0.1) is 11.3 Å². The minimum atomic E-state index is -0.144. The number of amides is 1. The Morgan fingerprint density at radius 2 is 2.18 bits per heavy atom. The molecular weight excluding hydrogens is 278 g/mol. The van der Waals surface area contributed by atoms with E-state index in [9.17, 15) is 4.79 Å². The highest BCUT2D eigenvalue weighted by Crippen LogP contribution is 2.32. The van der Waals surface area contributed by atoms with E-state index in [0.717, 1.165) is 11.3 Å². The first-order valence-corrected chi connectivity index (χ1v) is 6.99. The second-order valence-corrected chi connectivity index (χ2v) is 5.15. The number of nitriles is 1. The SMILES string of the molecule is CC(Nc1ccc2c(c1)OCC(=O)N2)c1cccc(C#N)c1. The molecule has 1 unspecified atom stereocenters. The van der Waals surface area contributed by atoms with Gasteiger partial charge in [0.15, 0.2) is 6.61 Å². The fraction of sp³-hybridized carbons (Fsp3) is 0.176. The van der Waals surface area contributed by atoms with Crippen molar-refractivity contribution in [2.75, 3.05) is 17.2 Å². The van der Waals surface area contributed by atoms with Gasteiger partial charge >= 0.3 is 0 Å². The van der Waals surface area contributed by atoms with Gasteiger partial charge in [0, 0.05) is 17.8 Å². The molecule has 2 N–H and O–H groups in total. The molecule has 0 radical (unpaired) electrons. The van der Waals surface area contributed by atoms with E-state index in [-0.39, 0.29) is 18.6 Å². The first-order chi connectivity index (χ1) is 10.7. The van der Waals surface area contributed by atoms with Crippen LogP contribution < -0.4 is 15.4 Å². The number of nitrogens with zero attached hydrogens (tertiary/aromatic N) is 1. The van der Waals surface area contributed by atoms with E-state index in [1.165, 1.54) is 0 Å². The molecule has 0 aromatic heterocycles. The van der Waals surface area contributed by atoms with Crippen molar-refractivity contribution in [1.29, 1.82) is 5.26 Å². The molecule has 3 rings (SSSR count). The summed E-state index contributed by atoms with van der Waals surface area (Å²) in [4.78, 5) is 11.3. The van der Waals surface area contributed by atoms with E-state index < -0.39 is 0 Å². The van der Waals surface area contributed by atoms with E-state index in [1.54, 1.807) is 6.07 Å². The van der Waals surface area contributed by atoms with Crippen molar-refractivity contribution in [3.05, 3.63) is 53.6 Å². The second kappa shape index (κ2) is 5.78. The Kier molecular flexibility index (Phi) is 3.67. The molecule has 2 aromatic carbocycles. The molecule has 0 aliphatic carbocycles. The summed E-state index contributed by atoms with van der Waals surface area (Å²) in [5.41, 5.74) is 3.25. The lowest BCUT2D eigenvalue weighted by Gasteiger charge is -2.21. The van der Waals surface area contributed by atoms with Crippen LogP contribution in [0.1, 0.15) is 24.1 Å². The van der Waals surface area contributed by atoms with Crippen molar-refractivity contribution in [2.24, 2.45) is 0 Å². The summed E-state index contributed by atoms with van der Waals surface area (Å²) in [6, 6.07) is 15.3. The zero-order chi connectivity index (χ0) is 15.5. The van der Waals surface area contributed by atoms with Gasteiger partial charge in [0.05, 0.1) is 17.3 Å². The van der Waals surface area contributed by atoms with Crippen molar-refractivity contribution in [1.82, 2.24) is 0 Å². The van der Waals surface area contributed by atoms with E-state index >= 15 is 0 Å². The van der Waals surface area contributed by atoms with Gasteiger partial charge in [0.25, 0.3) is 5.91 Å². The van der Waals surface area contributed by atoms with Crippen molar-refractivity contribution in [3.63, 3.8) is 0 Å². The van der Waals surface area contributed by atoms with Crippen LogP contribution >= 0.6 is 0 Å². The molecule has 1 amide bonds. The number of carbonyl (C=O) groups is 1. The zero-order valence-corrected chi connectivity index (χ0v) is 12.1. The first-order valence-electron chi connectivity index (χ1n) is 6.99. The molecule has 0 saturated heterocycles. The summed E-state index contributed by atoms with van der Waals surface area (Å²) in [6.07, 6.45) is 0. The molecule has 0 spiro atoms. The Bertz CT molecular complexity index is 765. The smallest absolute Gasteiger partial charge is 0.262 e. The monoisotopic (exact) mass is 293 g/mol. The van der Waals surface area contributed by atoms with Gasteiger partial charge in [-0.1, -0.05) is 12.1 Å². The lowest BCUT2D eigenvalue weighted by Crippen LogP contribution is -2.25. The number of hydrogen-bond acceptors (Lipinski definition) is 4. The van der Waals surface area contributed by atoms with Gasteiger partial charge in [0.2, 0.25) is 0 Å². The number of fused-ring (bicyclic) bond motifs is 1. The molecule has 1 heterocycles. The lowest BCUT2D eigenvalue weighted by molar-refractivity contribution is -0.118. The average molecular weight is 293 g/mol. The average Bonchev–Trinajstić information content (AvgIpc) is 2.55. The predicted molar refractivity (Wildman–Crippen MR) is 83.8 cm³/mol. The highest BCUT2D eigenvalue weighted by Gasteiger charge is 2.16. The van der Waals surface area contributed by atoms with Crippen LogP contribution in [0.3, 0.4) is 0 Å². The van der Waals surface area contributed by atoms with E-state index in [2.05, 4.69) is 16.7 Å². The number of rotatable bonds is 3. The number of anilines is 2. The van der Waals surface area contributed by atoms with Crippen LogP contribution in [0.4, 0.5) is 11.4 Å².